The molecule has 0 spiro atoms. The number of carboxylic acids is 3. The molecule has 190 valence electrons. The number of nitrogens with zero attached hydrogens (tertiary/aromatic N) is 3. The number of aromatic hydroxyl groups is 1. The van der Waals surface area contributed by atoms with E-state index in [1.54, 1.807) is 0 Å². The van der Waals surface area contributed by atoms with E-state index >= 15 is 0 Å². The number of phenols is 1. The first-order valence-electron chi connectivity index (χ1n) is 9.76. The summed E-state index contributed by atoms with van der Waals surface area (Å²) in [6.07, 6.45) is -0.672. The van der Waals surface area contributed by atoms with E-state index in [0.717, 1.165) is 12.1 Å². The van der Waals surface area contributed by atoms with E-state index < -0.39 is 59.3 Å². The van der Waals surface area contributed by atoms with Crippen molar-refractivity contribution in [3.8, 4) is 5.75 Å². The van der Waals surface area contributed by atoms with Crippen molar-refractivity contribution in [3.63, 3.8) is 0 Å². The predicted octanol–water partition coefficient (Wildman–Crippen LogP) is 0.762. The number of benzene rings is 1. The molecule has 0 bridgehead atoms. The molecule has 35 heavy (non-hydrogen) atoms. The summed E-state index contributed by atoms with van der Waals surface area (Å²) < 4.78 is 0. The number of hydrogen-bond acceptors (Lipinski definition) is 10. The summed E-state index contributed by atoms with van der Waals surface area (Å²) in [4.78, 5) is 59.4. The molecule has 15 nitrogen and oxygen atoms in total. The lowest BCUT2D eigenvalue weighted by Gasteiger charge is -2.31. The van der Waals surface area contributed by atoms with Crippen molar-refractivity contribution in [2.24, 2.45) is 21.4 Å². The minimum absolute atomic E-state index is 0.0130. The van der Waals surface area contributed by atoms with E-state index in [9.17, 15) is 44.5 Å². The third kappa shape index (κ3) is 5.93. The zero-order chi connectivity index (χ0) is 26.5. The van der Waals surface area contributed by atoms with E-state index in [-0.39, 0.29) is 34.9 Å². The molecule has 0 aromatic heterocycles. The molecule has 0 aliphatic carbocycles. The Labute approximate surface area is 206 Å². The van der Waals surface area contributed by atoms with Crippen LogP contribution in [0.15, 0.2) is 27.6 Å². The van der Waals surface area contributed by atoms with Crippen LogP contribution in [-0.4, -0.2) is 73.9 Å². The summed E-state index contributed by atoms with van der Waals surface area (Å²) >= 11 is 11.6. The maximum Gasteiger partial charge on any atom is 0.332 e. The second-order valence-electron chi connectivity index (χ2n) is 7.61. The lowest BCUT2D eigenvalue weighted by atomic mass is 9.84. The third-order valence-electron chi connectivity index (χ3n) is 5.49. The molecule has 8 N–H and O–H groups in total. The molecule has 0 saturated carbocycles. The Morgan fingerprint density at radius 3 is 2.23 bits per heavy atom. The highest BCUT2D eigenvalue weighted by Gasteiger charge is 2.57. The van der Waals surface area contributed by atoms with Crippen LogP contribution < -0.4 is 16.5 Å². The first-order chi connectivity index (χ1) is 16.4. The van der Waals surface area contributed by atoms with Crippen LogP contribution in [0.5, 0.6) is 5.75 Å². The van der Waals surface area contributed by atoms with E-state index in [1.807, 2.05) is 0 Å². The van der Waals surface area contributed by atoms with E-state index in [1.165, 1.54) is 0 Å². The Bertz CT molecular complexity index is 1050. The number of rotatable bonds is 11. The average molecular weight is 535 g/mol. The van der Waals surface area contributed by atoms with Crippen molar-refractivity contribution in [2.45, 2.75) is 49.0 Å². The Morgan fingerprint density at radius 1 is 1.17 bits per heavy atom. The van der Waals surface area contributed by atoms with Crippen molar-refractivity contribution < 1.29 is 39.6 Å². The maximum absolute atomic E-state index is 12.5. The molecule has 1 aliphatic rings. The lowest BCUT2D eigenvalue weighted by Crippen LogP contribution is -2.62. The van der Waals surface area contributed by atoms with Gasteiger partial charge in [0.1, 0.15) is 11.6 Å². The molecule has 5 atom stereocenters. The number of carboxylic acid groups (broad SMARTS) is 3. The number of nitrogens with two attached hydrogens (primary N) is 1. The van der Waals surface area contributed by atoms with Gasteiger partial charge in [0.2, 0.25) is 0 Å². The van der Waals surface area contributed by atoms with Gasteiger partial charge in [-0.3, -0.25) is 14.9 Å². The van der Waals surface area contributed by atoms with E-state index in [2.05, 4.69) is 26.1 Å². The van der Waals surface area contributed by atoms with Gasteiger partial charge in [-0.2, -0.15) is 10.0 Å². The van der Waals surface area contributed by atoms with E-state index in [4.69, 9.17) is 29.0 Å². The first kappa shape index (κ1) is 27.7. The molecule has 17 heteroatoms. The molecule has 1 aromatic carbocycles. The second-order valence-corrected chi connectivity index (χ2v) is 8.42. The number of nitrogens with one attached hydrogen (secondary N) is 2. The van der Waals surface area contributed by atoms with Crippen molar-refractivity contribution in [1.82, 2.24) is 10.6 Å². The molecule has 0 unspecified atom stereocenters. The third-order valence-corrected chi connectivity index (χ3v) is 6.07. The highest BCUT2D eigenvalue weighted by atomic mass is 35.5. The normalized spacial score (nSPS) is 22.3. The highest BCUT2D eigenvalue weighted by Crippen LogP contribution is 2.34. The predicted molar refractivity (Wildman–Crippen MR) is 118 cm³/mol. The second kappa shape index (κ2) is 11.2. The fourth-order valence-corrected chi connectivity index (χ4v) is 4.28. The van der Waals surface area contributed by atoms with Gasteiger partial charge >= 0.3 is 17.9 Å². The highest BCUT2D eigenvalue weighted by molar-refractivity contribution is 6.37. The first-order valence-corrected chi connectivity index (χ1v) is 10.5. The number of carbonyl (C=O) groups excluding carboxylic acids is 1. The molecule has 1 saturated heterocycles. The zero-order valence-corrected chi connectivity index (χ0v) is 19.1. The van der Waals surface area contributed by atoms with E-state index in [0.29, 0.717) is 0 Å². The Morgan fingerprint density at radius 2 is 1.77 bits per heavy atom. The summed E-state index contributed by atoms with van der Waals surface area (Å²) in [6, 6.07) is -4.30. The number of carbonyl (C=O) groups is 4. The van der Waals surface area contributed by atoms with Gasteiger partial charge in [-0.25, -0.2) is 9.59 Å². The quantitative estimate of drug-likeness (QED) is 0.0901. The fraction of sp³-hybridized carbons (Fsp3) is 0.444. The van der Waals surface area contributed by atoms with Crippen LogP contribution >= 0.6 is 23.2 Å². The van der Waals surface area contributed by atoms with Gasteiger partial charge in [0.15, 0.2) is 17.8 Å². The molecule has 2 rings (SSSR count). The lowest BCUT2D eigenvalue weighted by molar-refractivity contribution is -0.147. The number of phenolic OH excluding ortho intramolecular Hbond substituents is 1. The number of hydrogen-bond donors (Lipinski definition) is 7. The summed E-state index contributed by atoms with van der Waals surface area (Å²) in [5.74, 6) is -1.27. The van der Waals surface area contributed by atoms with Gasteiger partial charge in [-0.1, -0.05) is 33.6 Å². The summed E-state index contributed by atoms with van der Waals surface area (Å²) in [5, 5.41) is 51.3. The number of halogens is 2. The molecule has 1 heterocycles. The Hall–Kier alpha value is -3.56. The molecule has 1 aromatic rings. The molecule has 1 fully saturated rings. The topological polar surface area (TPSA) is 253 Å². The number of nitroso groups, excluding NO2 is 1. The van der Waals surface area contributed by atoms with Gasteiger partial charge in [-0.05, 0) is 31.4 Å². The van der Waals surface area contributed by atoms with Crippen LogP contribution in [0.4, 0.5) is 0 Å². The minimum Gasteiger partial charge on any atom is -0.505 e. The van der Waals surface area contributed by atoms with Crippen molar-refractivity contribution in [1.29, 1.82) is 0 Å². The zero-order valence-electron chi connectivity index (χ0n) is 17.6. The molecular formula is C18H20Cl2N6O9. The summed E-state index contributed by atoms with van der Waals surface area (Å²) in [7, 11) is 0. The maximum atomic E-state index is 12.5. The van der Waals surface area contributed by atoms with Crippen LogP contribution in [0.2, 0.25) is 10.0 Å². The van der Waals surface area contributed by atoms with Crippen LogP contribution in [0.25, 0.3) is 0 Å². The number of amides is 1. The van der Waals surface area contributed by atoms with Gasteiger partial charge < -0.3 is 31.6 Å². The monoisotopic (exact) mass is 534 g/mol. The standard InChI is InChI=1S/C18H20Cl2N6O9/c19-8-3-6(4-9(20)12(8)27)14(28)22-10(15(29)30)5-7-1-2-18(23-7,17(33)34)13(25-35)11(16(31)32)24-26-21/h3-4,7,10-11,13,23,27H,1-2,5H2,(H2,21,24)(H,22,28)(H,29,30)(H,31,32)(H,33,34)/t7-,10+,11-,13+,18-/m1/s1. The molecule has 1 aliphatic heterocycles. The smallest absolute Gasteiger partial charge is 0.332 e. The molecule has 0 radical (unpaired) electrons. The van der Waals surface area contributed by atoms with Gasteiger partial charge in [0.25, 0.3) is 5.91 Å². The SMILES string of the molecule is NN=N[C@@H](C(=O)O)[C@H](N=O)[C@@]1(C(=O)O)CC[C@H](C[C@H](NC(=O)c2cc(Cl)c(O)c(Cl)c2)C(=O)O)N1. The van der Waals surface area contributed by atoms with Gasteiger partial charge in [0.05, 0.1) is 10.0 Å². The fourth-order valence-electron chi connectivity index (χ4n) is 3.80. The van der Waals surface area contributed by atoms with Crippen LogP contribution in [0.1, 0.15) is 29.6 Å². The van der Waals surface area contributed by atoms with Gasteiger partial charge in [0, 0.05) is 11.6 Å². The Balaban J connectivity index is 2.25. The van der Waals surface area contributed by atoms with Crippen molar-refractivity contribution in [2.75, 3.05) is 0 Å². The van der Waals surface area contributed by atoms with Crippen LogP contribution in [-0.2, 0) is 14.4 Å². The average Bonchev–Trinajstić information content (AvgIpc) is 3.21. The number of aliphatic carboxylic acids is 3. The molecular weight excluding hydrogens is 515 g/mol. The molecule has 1 amide bonds. The largest absolute Gasteiger partial charge is 0.505 e. The van der Waals surface area contributed by atoms with Crippen LogP contribution in [0.3, 0.4) is 0 Å². The van der Waals surface area contributed by atoms with Crippen LogP contribution in [0, 0.1) is 4.91 Å². The Kier molecular flexibility index (Phi) is 8.89. The summed E-state index contributed by atoms with van der Waals surface area (Å²) in [5.41, 5.74) is -2.36. The van der Waals surface area contributed by atoms with Gasteiger partial charge in [-0.15, -0.1) is 0 Å². The minimum atomic E-state index is -2.21. The summed E-state index contributed by atoms with van der Waals surface area (Å²) in [6.45, 7) is 0. The van der Waals surface area contributed by atoms with Crippen molar-refractivity contribution >= 4 is 47.0 Å². The van der Waals surface area contributed by atoms with Crippen molar-refractivity contribution in [3.05, 3.63) is 32.6 Å².